The maximum Gasteiger partial charge on any atom is 0.331 e. The molecule has 0 unspecified atom stereocenters. The molecule has 2 N–H and O–H groups in total. The maximum atomic E-state index is 10.1. The molecule has 4 nitrogen and oxygen atoms in total. The van der Waals surface area contributed by atoms with Crippen molar-refractivity contribution in [3.8, 4) is 0 Å². The Kier molecular flexibility index (Phi) is 3.17. The second-order valence-electron chi connectivity index (χ2n) is 1.69. The molecule has 0 bridgehead atoms. The number of carboxylic acids is 2. The molecule has 0 amide bonds. The summed E-state index contributed by atoms with van der Waals surface area (Å²) in [5.41, 5.74) is -0.0903. The zero-order valence-electron chi connectivity index (χ0n) is 5.50. The molecule has 0 aromatic rings. The number of hydrogen-bond acceptors (Lipinski definition) is 2. The van der Waals surface area contributed by atoms with Crippen LogP contribution in [-0.4, -0.2) is 22.2 Å². The smallest absolute Gasteiger partial charge is 0.331 e. The third kappa shape index (κ3) is 2.86. The van der Waals surface area contributed by atoms with E-state index >= 15 is 0 Å². The highest BCUT2D eigenvalue weighted by molar-refractivity contribution is 5.91. The third-order valence-corrected chi connectivity index (χ3v) is 0.965. The van der Waals surface area contributed by atoms with Gasteiger partial charge in [-0.15, -0.1) is 0 Å². The van der Waals surface area contributed by atoms with Crippen LogP contribution >= 0.6 is 0 Å². The molecule has 0 fully saturated rings. The monoisotopic (exact) mass is 144 g/mol. The second-order valence-corrected chi connectivity index (χ2v) is 1.69. The standard InChI is InChI=1S/C6H8O4/c1-2-4(6(9)10)3-5(7)8/h2H,3H2,1H3,(H,7,8)(H,9,10)/b4-2-. The molecule has 0 aliphatic heterocycles. The minimum Gasteiger partial charge on any atom is -0.481 e. The fraction of sp³-hybridized carbons (Fsp3) is 0.333. The zero-order chi connectivity index (χ0) is 8.15. The van der Waals surface area contributed by atoms with E-state index in [-0.39, 0.29) is 5.57 Å². The van der Waals surface area contributed by atoms with Crippen molar-refractivity contribution >= 4 is 11.9 Å². The number of allylic oxidation sites excluding steroid dienone is 1. The largest absolute Gasteiger partial charge is 0.481 e. The Morgan fingerprint density at radius 1 is 1.40 bits per heavy atom. The molecule has 0 radical (unpaired) electrons. The predicted molar refractivity (Wildman–Crippen MR) is 33.6 cm³/mol. The molecular formula is C6H8O4. The van der Waals surface area contributed by atoms with Crippen LogP contribution in [0.5, 0.6) is 0 Å². The van der Waals surface area contributed by atoms with E-state index in [1.54, 1.807) is 0 Å². The van der Waals surface area contributed by atoms with Crippen molar-refractivity contribution in [2.45, 2.75) is 13.3 Å². The molecule has 0 spiro atoms. The number of rotatable bonds is 3. The summed E-state index contributed by atoms with van der Waals surface area (Å²) in [5.74, 6) is -2.31. The van der Waals surface area contributed by atoms with Gasteiger partial charge in [-0.1, -0.05) is 6.08 Å². The van der Waals surface area contributed by atoms with Crippen LogP contribution < -0.4 is 0 Å². The highest BCUT2D eigenvalue weighted by Gasteiger charge is 2.09. The Bertz CT molecular complexity index is 180. The summed E-state index contributed by atoms with van der Waals surface area (Å²) in [7, 11) is 0. The molecule has 0 rings (SSSR count). The first kappa shape index (κ1) is 8.68. The molecule has 0 atom stereocenters. The maximum absolute atomic E-state index is 10.1. The van der Waals surface area contributed by atoms with Crippen LogP contribution in [0.4, 0.5) is 0 Å². The second kappa shape index (κ2) is 3.66. The van der Waals surface area contributed by atoms with Crippen LogP contribution in [-0.2, 0) is 9.59 Å². The van der Waals surface area contributed by atoms with E-state index in [1.165, 1.54) is 13.0 Å². The van der Waals surface area contributed by atoms with Gasteiger partial charge in [0.25, 0.3) is 0 Å². The molecule has 0 aromatic carbocycles. The van der Waals surface area contributed by atoms with Gasteiger partial charge in [0.05, 0.1) is 6.42 Å². The van der Waals surface area contributed by atoms with Gasteiger partial charge in [0, 0.05) is 5.57 Å². The summed E-state index contributed by atoms with van der Waals surface area (Å²) in [6, 6.07) is 0. The van der Waals surface area contributed by atoms with Gasteiger partial charge in [-0.25, -0.2) is 4.79 Å². The van der Waals surface area contributed by atoms with Crippen LogP contribution in [0.3, 0.4) is 0 Å². The molecule has 4 heteroatoms. The number of hydrogen-bond donors (Lipinski definition) is 2. The molecule has 0 heterocycles. The van der Waals surface area contributed by atoms with Gasteiger partial charge in [-0.2, -0.15) is 0 Å². The average molecular weight is 144 g/mol. The van der Waals surface area contributed by atoms with Gasteiger partial charge in [-0.3, -0.25) is 4.79 Å². The van der Waals surface area contributed by atoms with Gasteiger partial charge in [0.1, 0.15) is 0 Å². The van der Waals surface area contributed by atoms with Crippen molar-refractivity contribution in [3.63, 3.8) is 0 Å². The highest BCUT2D eigenvalue weighted by atomic mass is 16.4. The zero-order valence-corrected chi connectivity index (χ0v) is 5.50. The third-order valence-electron chi connectivity index (χ3n) is 0.965. The van der Waals surface area contributed by atoms with Gasteiger partial charge in [-0.05, 0) is 6.92 Å². The minimum atomic E-state index is -1.18. The molecule has 0 saturated heterocycles. The van der Waals surface area contributed by atoms with Crippen molar-refractivity contribution < 1.29 is 19.8 Å². The van der Waals surface area contributed by atoms with E-state index in [9.17, 15) is 9.59 Å². The molecular weight excluding hydrogens is 136 g/mol. The molecule has 0 aromatic heterocycles. The van der Waals surface area contributed by atoms with Crippen LogP contribution in [0.15, 0.2) is 11.6 Å². The first-order valence-electron chi connectivity index (χ1n) is 2.68. The lowest BCUT2D eigenvalue weighted by atomic mass is 10.2. The summed E-state index contributed by atoms with van der Waals surface area (Å²) < 4.78 is 0. The van der Waals surface area contributed by atoms with E-state index in [0.29, 0.717) is 0 Å². The summed E-state index contributed by atoms with van der Waals surface area (Å²) in [6.07, 6.45) is 0.849. The van der Waals surface area contributed by atoms with Crippen LogP contribution in [0, 0.1) is 0 Å². The summed E-state index contributed by atoms with van der Waals surface area (Å²) in [4.78, 5) is 20.1. The summed E-state index contributed by atoms with van der Waals surface area (Å²) in [5, 5.41) is 16.5. The predicted octanol–water partition coefficient (Wildman–Crippen LogP) is 0.492. The van der Waals surface area contributed by atoms with E-state index < -0.39 is 18.4 Å². The minimum absolute atomic E-state index is 0.0903. The number of carboxylic acid groups (broad SMARTS) is 2. The quantitative estimate of drug-likeness (QED) is 0.565. The van der Waals surface area contributed by atoms with E-state index in [1.807, 2.05) is 0 Å². The van der Waals surface area contributed by atoms with Crippen molar-refractivity contribution in [2.24, 2.45) is 0 Å². The number of carbonyl (C=O) groups is 2. The first-order chi connectivity index (χ1) is 4.57. The normalized spacial score (nSPS) is 11.1. The molecule has 0 aliphatic rings. The first-order valence-corrected chi connectivity index (χ1v) is 2.68. The Labute approximate surface area is 57.8 Å². The molecule has 56 valence electrons. The van der Waals surface area contributed by atoms with Gasteiger partial charge < -0.3 is 10.2 Å². The molecule has 10 heavy (non-hydrogen) atoms. The lowest BCUT2D eigenvalue weighted by Crippen LogP contribution is -2.05. The Morgan fingerprint density at radius 3 is 2.00 bits per heavy atom. The fourth-order valence-electron chi connectivity index (χ4n) is 0.464. The van der Waals surface area contributed by atoms with E-state index in [4.69, 9.17) is 10.2 Å². The SMILES string of the molecule is C/C=C(/CC(=O)O)C(=O)O. The Morgan fingerprint density at radius 2 is 1.90 bits per heavy atom. The van der Waals surface area contributed by atoms with E-state index in [0.717, 1.165) is 0 Å². The topological polar surface area (TPSA) is 74.6 Å². The Balaban J connectivity index is 4.12. The van der Waals surface area contributed by atoms with Gasteiger partial charge >= 0.3 is 11.9 Å². The lowest BCUT2D eigenvalue weighted by molar-refractivity contribution is -0.139. The lowest BCUT2D eigenvalue weighted by Gasteiger charge is -1.93. The summed E-state index contributed by atoms with van der Waals surface area (Å²) >= 11 is 0. The highest BCUT2D eigenvalue weighted by Crippen LogP contribution is 1.99. The van der Waals surface area contributed by atoms with Crippen LogP contribution in [0.2, 0.25) is 0 Å². The van der Waals surface area contributed by atoms with Crippen LogP contribution in [0.25, 0.3) is 0 Å². The van der Waals surface area contributed by atoms with Gasteiger partial charge in [0.2, 0.25) is 0 Å². The van der Waals surface area contributed by atoms with Crippen molar-refractivity contribution in [3.05, 3.63) is 11.6 Å². The number of aliphatic carboxylic acids is 2. The molecule has 0 saturated carbocycles. The summed E-state index contributed by atoms with van der Waals surface area (Å²) in [6.45, 7) is 1.49. The fourth-order valence-corrected chi connectivity index (χ4v) is 0.464. The Hall–Kier alpha value is -1.32. The average Bonchev–Trinajstić information content (AvgIpc) is 1.81. The van der Waals surface area contributed by atoms with Crippen LogP contribution in [0.1, 0.15) is 13.3 Å². The van der Waals surface area contributed by atoms with Crippen molar-refractivity contribution in [1.29, 1.82) is 0 Å². The van der Waals surface area contributed by atoms with Gasteiger partial charge in [0.15, 0.2) is 0 Å². The molecule has 0 aliphatic carbocycles. The van der Waals surface area contributed by atoms with Crippen molar-refractivity contribution in [1.82, 2.24) is 0 Å². The van der Waals surface area contributed by atoms with E-state index in [2.05, 4.69) is 0 Å². The van der Waals surface area contributed by atoms with Crippen molar-refractivity contribution in [2.75, 3.05) is 0 Å².